The molecule has 1 N–H and O–H groups in total. The highest BCUT2D eigenvalue weighted by atomic mass is 16.5. The summed E-state index contributed by atoms with van der Waals surface area (Å²) < 4.78 is 5.25. The van der Waals surface area contributed by atoms with E-state index >= 15 is 0 Å². The molecule has 4 amide bonds. The van der Waals surface area contributed by atoms with Crippen molar-refractivity contribution in [3.8, 4) is 5.75 Å². The molecule has 0 aliphatic carbocycles. The number of rotatable bonds is 8. The summed E-state index contributed by atoms with van der Waals surface area (Å²) in [4.78, 5) is 49.0. The van der Waals surface area contributed by atoms with Crippen LogP contribution in [-0.4, -0.2) is 34.9 Å². The van der Waals surface area contributed by atoms with Crippen molar-refractivity contribution in [2.24, 2.45) is 5.41 Å². The number of imide groups is 2. The Bertz CT molecular complexity index is 1110. The zero-order valence-electron chi connectivity index (χ0n) is 18.2. The zero-order chi connectivity index (χ0) is 23.3. The van der Waals surface area contributed by atoms with E-state index in [9.17, 15) is 14.4 Å². The molecule has 1 aromatic carbocycles. The topological polar surface area (TPSA) is 101 Å². The van der Waals surface area contributed by atoms with Crippen LogP contribution in [0.15, 0.2) is 73.3 Å². The maximum Gasteiger partial charge on any atom is 0.335 e. The van der Waals surface area contributed by atoms with Crippen LogP contribution in [0.1, 0.15) is 24.0 Å². The van der Waals surface area contributed by atoms with Crippen LogP contribution in [0, 0.1) is 5.41 Å². The standard InChI is InChI=1S/C25H24N4O4/c1-33-21-4-2-3-20(17-21)29-23(31)25(22(30)28-24(29)32,11-5-18-7-13-26-14-8-18)12-6-19-9-15-27-16-10-19/h2-4,7-10,13-17H,5-6,11-12H2,1H3,(H,28,30,32). The van der Waals surface area contributed by atoms with Crippen molar-refractivity contribution in [1.82, 2.24) is 15.3 Å². The smallest absolute Gasteiger partial charge is 0.335 e. The van der Waals surface area contributed by atoms with Crippen molar-refractivity contribution in [3.05, 3.63) is 84.4 Å². The second-order valence-corrected chi connectivity index (χ2v) is 7.89. The van der Waals surface area contributed by atoms with Crippen molar-refractivity contribution >= 4 is 23.5 Å². The van der Waals surface area contributed by atoms with Crippen molar-refractivity contribution in [3.63, 3.8) is 0 Å². The summed E-state index contributed by atoms with van der Waals surface area (Å²) >= 11 is 0. The van der Waals surface area contributed by atoms with Crippen LogP contribution < -0.4 is 15.0 Å². The Morgan fingerprint density at radius 3 is 2.00 bits per heavy atom. The first kappa shape index (κ1) is 22.1. The van der Waals surface area contributed by atoms with E-state index in [0.29, 0.717) is 24.3 Å². The van der Waals surface area contributed by atoms with E-state index in [-0.39, 0.29) is 12.8 Å². The number of aryl methyl sites for hydroxylation is 2. The monoisotopic (exact) mass is 444 g/mol. The van der Waals surface area contributed by atoms with E-state index < -0.39 is 23.3 Å². The number of pyridine rings is 2. The zero-order valence-corrected chi connectivity index (χ0v) is 18.2. The number of urea groups is 1. The highest BCUT2D eigenvalue weighted by Crippen LogP contribution is 2.38. The highest BCUT2D eigenvalue weighted by Gasteiger charge is 2.53. The first-order valence-corrected chi connectivity index (χ1v) is 10.7. The third-order valence-electron chi connectivity index (χ3n) is 5.96. The predicted octanol–water partition coefficient (Wildman–Crippen LogP) is 3.32. The van der Waals surface area contributed by atoms with Crippen LogP contribution in [0.4, 0.5) is 10.5 Å². The minimum Gasteiger partial charge on any atom is -0.497 e. The van der Waals surface area contributed by atoms with E-state index in [1.165, 1.54) is 7.11 Å². The summed E-state index contributed by atoms with van der Waals surface area (Å²) in [5, 5.41) is 2.42. The molecule has 1 aliphatic rings. The molecule has 2 aromatic heterocycles. The van der Waals surface area contributed by atoms with Crippen LogP contribution in [-0.2, 0) is 22.4 Å². The maximum atomic E-state index is 13.9. The Morgan fingerprint density at radius 1 is 0.879 bits per heavy atom. The molecule has 3 heterocycles. The number of methoxy groups -OCH3 is 1. The average molecular weight is 444 g/mol. The average Bonchev–Trinajstić information content (AvgIpc) is 2.85. The number of carbonyl (C=O) groups excluding carboxylic acids is 3. The molecule has 0 radical (unpaired) electrons. The van der Waals surface area contributed by atoms with Gasteiger partial charge in [0.1, 0.15) is 11.2 Å². The van der Waals surface area contributed by atoms with Gasteiger partial charge in [-0.2, -0.15) is 0 Å². The van der Waals surface area contributed by atoms with Crippen LogP contribution in [0.3, 0.4) is 0 Å². The Hall–Kier alpha value is -4.07. The SMILES string of the molecule is COc1cccc(N2C(=O)NC(=O)C(CCc3ccncc3)(CCc3ccncc3)C2=O)c1. The van der Waals surface area contributed by atoms with Crippen LogP contribution >= 0.6 is 0 Å². The lowest BCUT2D eigenvalue weighted by molar-refractivity contribution is -0.143. The minimum absolute atomic E-state index is 0.251. The summed E-state index contributed by atoms with van der Waals surface area (Å²) in [5.74, 6) is -0.600. The van der Waals surface area contributed by atoms with E-state index in [2.05, 4.69) is 15.3 Å². The number of ether oxygens (including phenoxy) is 1. The Balaban J connectivity index is 1.70. The van der Waals surface area contributed by atoms with Crippen LogP contribution in [0.25, 0.3) is 0 Å². The van der Waals surface area contributed by atoms with Gasteiger partial charge in [-0.15, -0.1) is 0 Å². The van der Waals surface area contributed by atoms with Gasteiger partial charge in [0.05, 0.1) is 12.8 Å². The van der Waals surface area contributed by atoms with E-state index in [1.54, 1.807) is 49.1 Å². The third-order valence-corrected chi connectivity index (χ3v) is 5.96. The molecule has 168 valence electrons. The van der Waals surface area contributed by atoms with Gasteiger partial charge in [0.15, 0.2) is 0 Å². The molecule has 1 saturated heterocycles. The fourth-order valence-electron chi connectivity index (χ4n) is 4.04. The number of carbonyl (C=O) groups is 3. The van der Waals surface area contributed by atoms with Crippen molar-refractivity contribution < 1.29 is 19.1 Å². The van der Waals surface area contributed by atoms with Gasteiger partial charge in [0.25, 0.3) is 5.91 Å². The molecule has 8 heteroatoms. The highest BCUT2D eigenvalue weighted by molar-refractivity contribution is 6.30. The van der Waals surface area contributed by atoms with Gasteiger partial charge >= 0.3 is 6.03 Å². The number of nitrogens with one attached hydrogen (secondary N) is 1. The normalized spacial score (nSPS) is 15.3. The molecule has 0 unspecified atom stereocenters. The lowest BCUT2D eigenvalue weighted by Crippen LogP contribution is -2.64. The van der Waals surface area contributed by atoms with Gasteiger partial charge < -0.3 is 4.74 Å². The first-order valence-electron chi connectivity index (χ1n) is 10.7. The van der Waals surface area contributed by atoms with Gasteiger partial charge in [-0.05, 0) is 73.2 Å². The lowest BCUT2D eigenvalue weighted by atomic mass is 9.74. The number of nitrogens with zero attached hydrogens (tertiary/aromatic N) is 3. The summed E-state index contributed by atoms with van der Waals surface area (Å²) in [6, 6.07) is 13.3. The molecule has 1 fully saturated rings. The molecule has 33 heavy (non-hydrogen) atoms. The maximum absolute atomic E-state index is 13.9. The van der Waals surface area contributed by atoms with E-state index in [4.69, 9.17) is 4.74 Å². The number of aromatic nitrogens is 2. The molecule has 0 atom stereocenters. The fraction of sp³-hybridized carbons (Fsp3) is 0.240. The Morgan fingerprint density at radius 2 is 1.45 bits per heavy atom. The first-order chi connectivity index (χ1) is 16.0. The minimum atomic E-state index is -1.41. The molecule has 0 bridgehead atoms. The predicted molar refractivity (Wildman–Crippen MR) is 122 cm³/mol. The second-order valence-electron chi connectivity index (χ2n) is 7.89. The number of barbiturate groups is 1. The van der Waals surface area contributed by atoms with E-state index in [1.807, 2.05) is 24.3 Å². The third kappa shape index (κ3) is 4.59. The summed E-state index contributed by atoms with van der Waals surface area (Å²) in [7, 11) is 1.51. The Kier molecular flexibility index (Phi) is 6.44. The quantitative estimate of drug-likeness (QED) is 0.535. The molecule has 0 saturated carbocycles. The Labute approximate surface area is 191 Å². The molecule has 3 aromatic rings. The van der Waals surface area contributed by atoms with Gasteiger partial charge in [0, 0.05) is 30.9 Å². The van der Waals surface area contributed by atoms with Crippen molar-refractivity contribution in [2.45, 2.75) is 25.7 Å². The fourth-order valence-corrected chi connectivity index (χ4v) is 4.04. The van der Waals surface area contributed by atoms with Gasteiger partial charge in [-0.1, -0.05) is 6.07 Å². The largest absolute Gasteiger partial charge is 0.497 e. The van der Waals surface area contributed by atoms with E-state index in [0.717, 1.165) is 16.0 Å². The molecular formula is C25H24N4O4. The van der Waals surface area contributed by atoms with Crippen molar-refractivity contribution in [1.29, 1.82) is 0 Å². The molecule has 4 rings (SSSR count). The van der Waals surface area contributed by atoms with Crippen molar-refractivity contribution in [2.75, 3.05) is 12.0 Å². The lowest BCUT2D eigenvalue weighted by Gasteiger charge is -2.39. The molecule has 0 spiro atoms. The van der Waals surface area contributed by atoms with Gasteiger partial charge in [-0.25, -0.2) is 9.69 Å². The summed E-state index contributed by atoms with van der Waals surface area (Å²) in [5.41, 5.74) is 0.850. The number of hydrogen-bond acceptors (Lipinski definition) is 6. The second kappa shape index (κ2) is 9.60. The summed E-state index contributed by atoms with van der Waals surface area (Å²) in [6.07, 6.45) is 8.17. The summed E-state index contributed by atoms with van der Waals surface area (Å²) in [6.45, 7) is 0. The van der Waals surface area contributed by atoms with Crippen LogP contribution in [0.5, 0.6) is 5.75 Å². The molecular weight excluding hydrogens is 420 g/mol. The number of amides is 4. The number of hydrogen-bond donors (Lipinski definition) is 1. The number of benzene rings is 1. The van der Waals surface area contributed by atoms with Crippen LogP contribution in [0.2, 0.25) is 0 Å². The van der Waals surface area contributed by atoms with Gasteiger partial charge in [0.2, 0.25) is 5.91 Å². The number of anilines is 1. The molecule has 1 aliphatic heterocycles. The van der Waals surface area contributed by atoms with Gasteiger partial charge in [-0.3, -0.25) is 24.9 Å². The molecule has 8 nitrogen and oxygen atoms in total.